The number of aromatic nitrogens is 1. The van der Waals surface area contributed by atoms with Gasteiger partial charge in [0.25, 0.3) is 0 Å². The van der Waals surface area contributed by atoms with Crippen LogP contribution in [0.3, 0.4) is 0 Å². The molecule has 3 heterocycles. The van der Waals surface area contributed by atoms with Crippen LogP contribution in [-0.2, 0) is 6.54 Å². The van der Waals surface area contributed by atoms with Crippen LogP contribution in [0.4, 0.5) is 0 Å². The van der Waals surface area contributed by atoms with Crippen molar-refractivity contribution in [2.75, 3.05) is 13.6 Å². The van der Waals surface area contributed by atoms with Crippen molar-refractivity contribution < 1.29 is 0 Å². The summed E-state index contributed by atoms with van der Waals surface area (Å²) in [5.74, 6) is 0.332. The highest BCUT2D eigenvalue weighted by Gasteiger charge is 2.30. The standard InChI is InChI=1S/C27H26N2S/c1-5-18-8-9-20(14-19(18)6-2)27-21(11-12-30-27)23-15-29(4)16-24-22-13-17(3)7-10-25(22)28-26(23)24/h5-14,23,28H,1-2,15-16H2,3-4H3. The van der Waals surface area contributed by atoms with Crippen LogP contribution in [0.2, 0.25) is 0 Å². The van der Waals surface area contributed by atoms with Crippen LogP contribution in [0.15, 0.2) is 61.0 Å². The molecular formula is C27H26N2S. The van der Waals surface area contributed by atoms with E-state index in [4.69, 9.17) is 0 Å². The molecule has 150 valence electrons. The average molecular weight is 411 g/mol. The van der Waals surface area contributed by atoms with Gasteiger partial charge in [-0.3, -0.25) is 0 Å². The molecule has 2 aromatic carbocycles. The lowest BCUT2D eigenvalue weighted by Gasteiger charge is -2.30. The van der Waals surface area contributed by atoms with E-state index in [0.29, 0.717) is 5.92 Å². The first-order chi connectivity index (χ1) is 14.6. The summed E-state index contributed by atoms with van der Waals surface area (Å²) >= 11 is 1.82. The number of hydrogen-bond donors (Lipinski definition) is 1. The number of H-pyrrole nitrogens is 1. The number of nitrogens with zero attached hydrogens (tertiary/aromatic N) is 1. The highest BCUT2D eigenvalue weighted by Crippen LogP contribution is 2.43. The lowest BCUT2D eigenvalue weighted by Crippen LogP contribution is -2.30. The smallest absolute Gasteiger partial charge is 0.0459 e. The summed E-state index contributed by atoms with van der Waals surface area (Å²) in [6.07, 6.45) is 3.81. The van der Waals surface area contributed by atoms with Gasteiger partial charge >= 0.3 is 0 Å². The summed E-state index contributed by atoms with van der Waals surface area (Å²) < 4.78 is 0. The van der Waals surface area contributed by atoms with Gasteiger partial charge in [0.2, 0.25) is 0 Å². The zero-order valence-corrected chi connectivity index (χ0v) is 18.4. The third-order valence-corrected chi connectivity index (χ3v) is 7.20. The van der Waals surface area contributed by atoms with Gasteiger partial charge in [0.1, 0.15) is 0 Å². The molecule has 4 aromatic rings. The van der Waals surface area contributed by atoms with E-state index >= 15 is 0 Å². The van der Waals surface area contributed by atoms with E-state index in [1.54, 1.807) is 0 Å². The van der Waals surface area contributed by atoms with Crippen LogP contribution >= 0.6 is 11.3 Å². The molecule has 3 heteroatoms. The van der Waals surface area contributed by atoms with E-state index in [1.807, 2.05) is 23.5 Å². The average Bonchev–Trinajstić information content (AvgIpc) is 3.37. The first-order valence-corrected chi connectivity index (χ1v) is 11.2. The summed E-state index contributed by atoms with van der Waals surface area (Å²) in [5.41, 5.74) is 10.3. The number of aromatic amines is 1. The molecule has 0 radical (unpaired) electrons. The number of fused-ring (bicyclic) bond motifs is 3. The molecule has 0 spiro atoms. The van der Waals surface area contributed by atoms with Gasteiger partial charge in [-0.05, 0) is 71.4 Å². The Hall–Kier alpha value is -2.88. The maximum absolute atomic E-state index is 3.99. The fourth-order valence-electron chi connectivity index (χ4n) is 4.75. The minimum Gasteiger partial charge on any atom is -0.358 e. The maximum Gasteiger partial charge on any atom is 0.0459 e. The summed E-state index contributed by atoms with van der Waals surface area (Å²) in [5, 5.41) is 3.59. The molecule has 0 amide bonds. The van der Waals surface area contributed by atoms with Crippen LogP contribution in [-0.4, -0.2) is 23.5 Å². The van der Waals surface area contributed by atoms with Gasteiger partial charge in [-0.2, -0.15) is 0 Å². The van der Waals surface area contributed by atoms with E-state index in [9.17, 15) is 0 Å². The van der Waals surface area contributed by atoms with Gasteiger partial charge in [-0.15, -0.1) is 11.3 Å². The number of aryl methyl sites for hydroxylation is 1. The Kier molecular flexibility index (Phi) is 4.73. The molecule has 1 unspecified atom stereocenters. The molecular weight excluding hydrogens is 384 g/mol. The monoisotopic (exact) mass is 410 g/mol. The van der Waals surface area contributed by atoms with Crippen LogP contribution in [0.1, 0.15) is 39.4 Å². The SMILES string of the molecule is C=Cc1ccc(-c2sccc2C2CN(C)Cc3c2[nH]c2ccc(C)cc32)cc1C=C. The third kappa shape index (κ3) is 3.06. The molecule has 1 N–H and O–H groups in total. The first-order valence-electron chi connectivity index (χ1n) is 10.4. The minimum atomic E-state index is 0.332. The molecule has 5 rings (SSSR count). The minimum absolute atomic E-state index is 0.332. The molecule has 0 fully saturated rings. The van der Waals surface area contributed by atoms with Crippen molar-refractivity contribution in [3.63, 3.8) is 0 Å². The fourth-order valence-corrected chi connectivity index (χ4v) is 5.71. The van der Waals surface area contributed by atoms with Gasteiger partial charge in [0.05, 0.1) is 0 Å². The van der Waals surface area contributed by atoms with Gasteiger partial charge < -0.3 is 9.88 Å². The largest absolute Gasteiger partial charge is 0.358 e. The molecule has 1 aliphatic rings. The van der Waals surface area contributed by atoms with Gasteiger partial charge in [-0.25, -0.2) is 0 Å². The van der Waals surface area contributed by atoms with Crippen LogP contribution in [0, 0.1) is 6.92 Å². The number of thiophene rings is 1. The Morgan fingerprint density at radius 2 is 1.90 bits per heavy atom. The Labute approximate surface area is 182 Å². The van der Waals surface area contributed by atoms with Gasteiger partial charge in [0, 0.05) is 40.5 Å². The summed E-state index contributed by atoms with van der Waals surface area (Å²) in [6, 6.07) is 15.6. The third-order valence-electron chi connectivity index (χ3n) is 6.23. The normalized spacial score (nSPS) is 16.5. The van der Waals surface area contributed by atoms with Crippen molar-refractivity contribution in [2.24, 2.45) is 0 Å². The topological polar surface area (TPSA) is 19.0 Å². The van der Waals surface area contributed by atoms with Crippen molar-refractivity contribution in [3.8, 4) is 10.4 Å². The van der Waals surface area contributed by atoms with Crippen LogP contribution in [0.25, 0.3) is 33.5 Å². The van der Waals surface area contributed by atoms with E-state index in [0.717, 1.165) is 24.2 Å². The second-order valence-corrected chi connectivity index (χ2v) is 9.19. The van der Waals surface area contributed by atoms with Crippen molar-refractivity contribution in [2.45, 2.75) is 19.4 Å². The summed E-state index contributed by atoms with van der Waals surface area (Å²) in [4.78, 5) is 7.56. The van der Waals surface area contributed by atoms with Crippen molar-refractivity contribution in [1.82, 2.24) is 9.88 Å². The van der Waals surface area contributed by atoms with E-state index < -0.39 is 0 Å². The number of rotatable bonds is 4. The van der Waals surface area contributed by atoms with E-state index in [-0.39, 0.29) is 0 Å². The molecule has 2 aromatic heterocycles. The maximum atomic E-state index is 3.99. The van der Waals surface area contributed by atoms with Crippen molar-refractivity contribution in [1.29, 1.82) is 0 Å². The molecule has 30 heavy (non-hydrogen) atoms. The van der Waals surface area contributed by atoms with Crippen molar-refractivity contribution in [3.05, 3.63) is 94.5 Å². The molecule has 1 aliphatic heterocycles. The van der Waals surface area contributed by atoms with E-state index in [1.165, 1.54) is 43.7 Å². The highest BCUT2D eigenvalue weighted by atomic mass is 32.1. The van der Waals surface area contributed by atoms with E-state index in [2.05, 4.69) is 84.9 Å². The number of hydrogen-bond acceptors (Lipinski definition) is 2. The molecule has 1 atom stereocenters. The lowest BCUT2D eigenvalue weighted by molar-refractivity contribution is 0.295. The molecule has 0 bridgehead atoms. The van der Waals surface area contributed by atoms with Gasteiger partial charge in [-0.1, -0.05) is 49.1 Å². The molecule has 0 saturated carbocycles. The number of likely N-dealkylation sites (N-methyl/N-ethyl adjacent to an activating group) is 1. The Balaban J connectivity index is 1.65. The summed E-state index contributed by atoms with van der Waals surface area (Å²) in [7, 11) is 2.23. The highest BCUT2D eigenvalue weighted by molar-refractivity contribution is 7.13. The zero-order valence-electron chi connectivity index (χ0n) is 17.5. The lowest BCUT2D eigenvalue weighted by atomic mass is 9.87. The first kappa shape index (κ1) is 19.1. The fraction of sp³-hybridized carbons (Fsp3) is 0.185. The number of nitrogens with one attached hydrogen (secondary N) is 1. The van der Waals surface area contributed by atoms with Gasteiger partial charge in [0.15, 0.2) is 0 Å². The summed E-state index contributed by atoms with van der Waals surface area (Å²) in [6.45, 7) is 12.1. The Morgan fingerprint density at radius 1 is 1.07 bits per heavy atom. The number of benzene rings is 2. The predicted molar refractivity (Wildman–Crippen MR) is 131 cm³/mol. The van der Waals surface area contributed by atoms with Crippen LogP contribution in [0.5, 0.6) is 0 Å². The quantitative estimate of drug-likeness (QED) is 0.381. The second-order valence-electron chi connectivity index (χ2n) is 8.27. The molecule has 2 nitrogen and oxygen atoms in total. The zero-order chi connectivity index (χ0) is 20.8. The predicted octanol–water partition coefficient (Wildman–Crippen LogP) is 7.07. The Bertz CT molecular complexity index is 1270. The Morgan fingerprint density at radius 3 is 2.70 bits per heavy atom. The second kappa shape index (κ2) is 7.42. The van der Waals surface area contributed by atoms with Crippen LogP contribution < -0.4 is 0 Å². The molecule has 0 aliphatic carbocycles. The molecule has 0 saturated heterocycles. The van der Waals surface area contributed by atoms with Crippen molar-refractivity contribution >= 4 is 34.4 Å².